The lowest BCUT2D eigenvalue weighted by atomic mass is 10.2. The number of para-hydroxylation sites is 2. The molecule has 0 saturated heterocycles. The smallest absolute Gasteiger partial charge is 0.292 e. The van der Waals surface area contributed by atoms with Crippen LogP contribution in [0.5, 0.6) is 0 Å². The SMILES string of the molecule is O=C(CCNc1ccccc1[N+](=O)[O-])Nc1ccnn1C1CCCC1. The molecule has 8 nitrogen and oxygen atoms in total. The molecule has 0 atom stereocenters. The zero-order valence-corrected chi connectivity index (χ0v) is 13.9. The van der Waals surface area contributed by atoms with Gasteiger partial charge in [-0.2, -0.15) is 5.10 Å². The Balaban J connectivity index is 1.52. The van der Waals surface area contributed by atoms with Gasteiger partial charge in [-0.25, -0.2) is 4.68 Å². The summed E-state index contributed by atoms with van der Waals surface area (Å²) in [4.78, 5) is 22.7. The van der Waals surface area contributed by atoms with Crippen molar-refractivity contribution in [2.45, 2.75) is 38.1 Å². The lowest BCUT2D eigenvalue weighted by Gasteiger charge is -2.14. The molecule has 1 aliphatic rings. The van der Waals surface area contributed by atoms with Crippen LogP contribution in [0, 0.1) is 10.1 Å². The average Bonchev–Trinajstić information content (AvgIpc) is 3.26. The Morgan fingerprint density at radius 3 is 2.80 bits per heavy atom. The van der Waals surface area contributed by atoms with Crippen molar-refractivity contribution in [3.63, 3.8) is 0 Å². The first kappa shape index (κ1) is 16.9. The number of nitro groups is 1. The van der Waals surface area contributed by atoms with Crippen LogP contribution in [0.4, 0.5) is 17.2 Å². The summed E-state index contributed by atoms with van der Waals surface area (Å²) in [5.41, 5.74) is 0.415. The van der Waals surface area contributed by atoms with Gasteiger partial charge >= 0.3 is 0 Å². The van der Waals surface area contributed by atoms with Gasteiger partial charge in [-0.1, -0.05) is 25.0 Å². The number of hydrogen-bond donors (Lipinski definition) is 2. The zero-order valence-electron chi connectivity index (χ0n) is 13.9. The second-order valence-corrected chi connectivity index (χ2v) is 6.10. The van der Waals surface area contributed by atoms with E-state index < -0.39 is 4.92 Å². The van der Waals surface area contributed by atoms with E-state index in [1.54, 1.807) is 30.5 Å². The number of anilines is 2. The first-order chi connectivity index (χ1) is 12.1. The maximum absolute atomic E-state index is 12.2. The minimum absolute atomic E-state index is 0.00205. The summed E-state index contributed by atoms with van der Waals surface area (Å²) in [6.07, 6.45) is 6.46. The van der Waals surface area contributed by atoms with Gasteiger partial charge in [-0.15, -0.1) is 0 Å². The van der Waals surface area contributed by atoms with E-state index in [4.69, 9.17) is 0 Å². The van der Waals surface area contributed by atoms with E-state index in [2.05, 4.69) is 15.7 Å². The summed E-state index contributed by atoms with van der Waals surface area (Å²) < 4.78 is 1.89. The Hall–Kier alpha value is -2.90. The Bertz CT molecular complexity index is 752. The Morgan fingerprint density at radius 2 is 2.04 bits per heavy atom. The molecule has 1 saturated carbocycles. The molecule has 0 radical (unpaired) electrons. The number of nitrogens with one attached hydrogen (secondary N) is 2. The van der Waals surface area contributed by atoms with Crippen LogP contribution >= 0.6 is 0 Å². The molecule has 8 heteroatoms. The van der Waals surface area contributed by atoms with E-state index in [9.17, 15) is 14.9 Å². The first-order valence-electron chi connectivity index (χ1n) is 8.46. The highest BCUT2D eigenvalue weighted by Gasteiger charge is 2.20. The Labute approximate surface area is 145 Å². The second-order valence-electron chi connectivity index (χ2n) is 6.10. The normalized spacial score (nSPS) is 14.4. The van der Waals surface area contributed by atoms with E-state index in [-0.39, 0.29) is 18.0 Å². The Morgan fingerprint density at radius 1 is 1.28 bits per heavy atom. The number of nitrogens with zero attached hydrogens (tertiary/aromatic N) is 3. The highest BCUT2D eigenvalue weighted by atomic mass is 16.6. The lowest BCUT2D eigenvalue weighted by molar-refractivity contribution is -0.384. The van der Waals surface area contributed by atoms with Gasteiger partial charge in [0, 0.05) is 25.1 Å². The van der Waals surface area contributed by atoms with Crippen LogP contribution in [0.25, 0.3) is 0 Å². The monoisotopic (exact) mass is 343 g/mol. The number of carbonyl (C=O) groups excluding carboxylic acids is 1. The number of rotatable bonds is 7. The highest BCUT2D eigenvalue weighted by Crippen LogP contribution is 2.31. The molecule has 132 valence electrons. The third-order valence-corrected chi connectivity index (χ3v) is 4.38. The molecular weight excluding hydrogens is 322 g/mol. The summed E-state index contributed by atoms with van der Waals surface area (Å²) in [6, 6.07) is 8.55. The van der Waals surface area contributed by atoms with Gasteiger partial charge in [0.05, 0.1) is 17.2 Å². The molecule has 1 aromatic heterocycles. The maximum Gasteiger partial charge on any atom is 0.292 e. The molecule has 1 aromatic carbocycles. The van der Waals surface area contributed by atoms with Crippen LogP contribution in [0.15, 0.2) is 36.5 Å². The fraction of sp³-hybridized carbons (Fsp3) is 0.412. The van der Waals surface area contributed by atoms with Crippen molar-refractivity contribution in [3.05, 3.63) is 46.6 Å². The maximum atomic E-state index is 12.2. The number of benzene rings is 1. The molecule has 1 amide bonds. The van der Waals surface area contributed by atoms with Crippen molar-refractivity contribution in [1.29, 1.82) is 0 Å². The number of amides is 1. The van der Waals surface area contributed by atoms with Crippen molar-refractivity contribution in [1.82, 2.24) is 9.78 Å². The van der Waals surface area contributed by atoms with Crippen molar-refractivity contribution in [2.24, 2.45) is 0 Å². The predicted molar refractivity (Wildman–Crippen MR) is 94.6 cm³/mol. The fourth-order valence-corrected chi connectivity index (χ4v) is 3.15. The van der Waals surface area contributed by atoms with Crippen molar-refractivity contribution in [3.8, 4) is 0 Å². The third kappa shape index (κ3) is 4.14. The molecule has 1 heterocycles. The van der Waals surface area contributed by atoms with Crippen molar-refractivity contribution in [2.75, 3.05) is 17.2 Å². The van der Waals surface area contributed by atoms with Gasteiger partial charge in [0.25, 0.3) is 5.69 Å². The molecule has 3 rings (SSSR count). The summed E-state index contributed by atoms with van der Waals surface area (Å²) in [5.74, 6) is 0.563. The van der Waals surface area contributed by atoms with Crippen LogP contribution in [0.2, 0.25) is 0 Å². The van der Waals surface area contributed by atoms with Crippen LogP contribution in [0.1, 0.15) is 38.1 Å². The largest absolute Gasteiger partial charge is 0.379 e. The molecule has 1 aliphatic carbocycles. The van der Waals surface area contributed by atoms with E-state index >= 15 is 0 Å². The van der Waals surface area contributed by atoms with Gasteiger partial charge in [-0.05, 0) is 18.9 Å². The number of carbonyl (C=O) groups is 1. The van der Waals surface area contributed by atoms with E-state index in [1.165, 1.54) is 18.9 Å². The minimum Gasteiger partial charge on any atom is -0.379 e. The molecule has 0 aliphatic heterocycles. The molecule has 2 N–H and O–H groups in total. The second kappa shape index (κ2) is 7.78. The van der Waals surface area contributed by atoms with Gasteiger partial charge in [0.1, 0.15) is 11.5 Å². The van der Waals surface area contributed by atoms with Gasteiger partial charge < -0.3 is 10.6 Å². The number of aromatic nitrogens is 2. The van der Waals surface area contributed by atoms with Crippen LogP contribution in [-0.2, 0) is 4.79 Å². The number of hydrogen-bond acceptors (Lipinski definition) is 5. The topological polar surface area (TPSA) is 102 Å². The summed E-state index contributed by atoms with van der Waals surface area (Å²) >= 11 is 0. The van der Waals surface area contributed by atoms with Crippen molar-refractivity contribution < 1.29 is 9.72 Å². The Kier molecular flexibility index (Phi) is 5.27. The van der Waals surface area contributed by atoms with Gasteiger partial charge in [0.2, 0.25) is 5.91 Å². The molecule has 0 bridgehead atoms. The van der Waals surface area contributed by atoms with Gasteiger partial charge in [0.15, 0.2) is 0 Å². The average molecular weight is 343 g/mol. The summed E-state index contributed by atoms with van der Waals surface area (Å²) in [5, 5.41) is 21.1. The summed E-state index contributed by atoms with van der Waals surface area (Å²) in [6.45, 7) is 0.314. The van der Waals surface area contributed by atoms with Crippen LogP contribution in [0.3, 0.4) is 0 Å². The van der Waals surface area contributed by atoms with E-state index in [0.29, 0.717) is 24.1 Å². The molecule has 0 spiro atoms. The van der Waals surface area contributed by atoms with E-state index in [1.807, 2.05) is 4.68 Å². The first-order valence-corrected chi connectivity index (χ1v) is 8.46. The molecule has 2 aromatic rings. The molecular formula is C17H21N5O3. The molecule has 25 heavy (non-hydrogen) atoms. The van der Waals surface area contributed by atoms with Crippen LogP contribution in [-0.4, -0.2) is 27.2 Å². The fourth-order valence-electron chi connectivity index (χ4n) is 3.15. The minimum atomic E-state index is -0.442. The van der Waals surface area contributed by atoms with Crippen molar-refractivity contribution >= 4 is 23.1 Å². The summed E-state index contributed by atoms with van der Waals surface area (Å²) in [7, 11) is 0. The molecule has 0 unspecified atom stereocenters. The predicted octanol–water partition coefficient (Wildman–Crippen LogP) is 3.35. The lowest BCUT2D eigenvalue weighted by Crippen LogP contribution is -2.20. The van der Waals surface area contributed by atoms with Gasteiger partial charge in [-0.3, -0.25) is 14.9 Å². The highest BCUT2D eigenvalue weighted by molar-refractivity contribution is 5.90. The molecule has 1 fully saturated rings. The third-order valence-electron chi connectivity index (χ3n) is 4.38. The zero-order chi connectivity index (χ0) is 17.6. The quantitative estimate of drug-likeness (QED) is 0.593. The van der Waals surface area contributed by atoms with E-state index in [0.717, 1.165) is 12.8 Å². The standard InChI is InChI=1S/C17H21N5O3/c23-17(10-11-18-14-7-3-4-8-15(14)22(24)25)20-16-9-12-19-21(16)13-5-1-2-6-13/h3-4,7-9,12-13,18H,1-2,5-6,10-11H2,(H,20,23). The number of nitro benzene ring substituents is 1. The van der Waals surface area contributed by atoms with Crippen LogP contribution < -0.4 is 10.6 Å².